The number of carbonyl (C=O) groups excluding carboxylic acids is 2. The highest BCUT2D eigenvalue weighted by Crippen LogP contribution is 2.33. The van der Waals surface area contributed by atoms with Gasteiger partial charge in [0, 0.05) is 4.88 Å². The topological polar surface area (TPSA) is 55.4 Å². The lowest BCUT2D eigenvalue weighted by atomic mass is 10.1. The fourth-order valence-electron chi connectivity index (χ4n) is 2.23. The minimum absolute atomic E-state index is 0.102. The number of hydrogen-bond acceptors (Lipinski definition) is 4. The molecule has 1 amide bonds. The molecule has 134 valence electrons. The number of benzene rings is 1. The molecule has 25 heavy (non-hydrogen) atoms. The lowest BCUT2D eigenvalue weighted by molar-refractivity contribution is -0.137. The molecule has 4 nitrogen and oxygen atoms in total. The van der Waals surface area contributed by atoms with E-state index < -0.39 is 23.6 Å². The van der Waals surface area contributed by atoms with Gasteiger partial charge < -0.3 is 10.1 Å². The number of ether oxygens (including phenoxy) is 1. The summed E-state index contributed by atoms with van der Waals surface area (Å²) in [5.41, 5.74) is 0.691. The maximum Gasteiger partial charge on any atom is 0.416 e. The normalized spacial score (nSPS) is 11.3. The van der Waals surface area contributed by atoms with Crippen LogP contribution in [0.25, 0.3) is 0 Å². The third kappa shape index (κ3) is 4.39. The molecule has 0 radical (unpaired) electrons. The molecule has 0 bridgehead atoms. The van der Waals surface area contributed by atoms with E-state index in [1.165, 1.54) is 30.6 Å². The molecular weight excluding hydrogens is 355 g/mol. The maximum atomic E-state index is 12.5. The van der Waals surface area contributed by atoms with E-state index in [1.807, 2.05) is 6.92 Å². The Morgan fingerprint density at radius 1 is 1.16 bits per heavy atom. The van der Waals surface area contributed by atoms with E-state index in [0.29, 0.717) is 16.1 Å². The summed E-state index contributed by atoms with van der Waals surface area (Å²) in [4.78, 5) is 24.9. The summed E-state index contributed by atoms with van der Waals surface area (Å²) in [7, 11) is 1.25. The third-order valence-corrected chi connectivity index (χ3v) is 4.80. The predicted molar refractivity (Wildman–Crippen MR) is 88.9 cm³/mol. The van der Waals surface area contributed by atoms with Crippen LogP contribution in [-0.2, 0) is 22.1 Å². The monoisotopic (exact) mass is 371 g/mol. The van der Waals surface area contributed by atoms with Crippen molar-refractivity contribution in [1.29, 1.82) is 0 Å². The van der Waals surface area contributed by atoms with Gasteiger partial charge in [0.15, 0.2) is 0 Å². The highest BCUT2D eigenvalue weighted by Gasteiger charge is 2.30. The molecule has 0 spiro atoms. The lowest BCUT2D eigenvalue weighted by Crippen LogP contribution is -2.16. The number of hydrogen-bond donors (Lipinski definition) is 1. The van der Waals surface area contributed by atoms with Crippen molar-refractivity contribution in [3.63, 3.8) is 0 Å². The predicted octanol–water partition coefficient (Wildman–Crippen LogP) is 4.35. The number of esters is 1. The third-order valence-electron chi connectivity index (χ3n) is 3.67. The number of halogens is 3. The van der Waals surface area contributed by atoms with Crippen LogP contribution in [0.1, 0.15) is 31.9 Å². The number of methoxy groups -OCH3 is 1. The lowest BCUT2D eigenvalue weighted by Gasteiger charge is -2.08. The van der Waals surface area contributed by atoms with Gasteiger partial charge >= 0.3 is 12.1 Å². The largest absolute Gasteiger partial charge is 0.465 e. The van der Waals surface area contributed by atoms with E-state index in [9.17, 15) is 22.8 Å². The molecule has 0 aliphatic heterocycles. The van der Waals surface area contributed by atoms with Gasteiger partial charge in [0.1, 0.15) is 5.00 Å². The number of thiophene rings is 1. The first-order valence-electron chi connectivity index (χ1n) is 7.27. The van der Waals surface area contributed by atoms with Crippen LogP contribution in [-0.4, -0.2) is 19.0 Å². The zero-order chi connectivity index (χ0) is 18.8. The van der Waals surface area contributed by atoms with E-state index in [-0.39, 0.29) is 6.42 Å². The Bertz CT molecular complexity index is 795. The molecule has 0 aliphatic carbocycles. The van der Waals surface area contributed by atoms with Crippen molar-refractivity contribution in [2.24, 2.45) is 0 Å². The van der Waals surface area contributed by atoms with Crippen molar-refractivity contribution < 1.29 is 27.5 Å². The van der Waals surface area contributed by atoms with Gasteiger partial charge in [0.25, 0.3) is 0 Å². The van der Waals surface area contributed by atoms with Gasteiger partial charge in [-0.25, -0.2) is 4.79 Å². The van der Waals surface area contributed by atoms with Gasteiger partial charge in [0.05, 0.1) is 24.7 Å². The number of aryl methyl sites for hydroxylation is 1. The van der Waals surface area contributed by atoms with Crippen LogP contribution >= 0.6 is 11.3 Å². The van der Waals surface area contributed by atoms with Crippen molar-refractivity contribution in [3.8, 4) is 0 Å². The SMILES string of the molecule is COC(=O)c1c(NC(=O)Cc2ccc(C(F)(F)F)cc2)sc(C)c1C. The fraction of sp³-hybridized carbons (Fsp3) is 0.294. The number of amides is 1. The molecule has 1 aromatic heterocycles. The van der Waals surface area contributed by atoms with Crippen LogP contribution < -0.4 is 5.32 Å². The average Bonchev–Trinajstić information content (AvgIpc) is 2.80. The van der Waals surface area contributed by atoms with Gasteiger partial charge in [-0.1, -0.05) is 12.1 Å². The van der Waals surface area contributed by atoms with Crippen LogP contribution in [0.5, 0.6) is 0 Å². The van der Waals surface area contributed by atoms with E-state index >= 15 is 0 Å². The first-order chi connectivity index (χ1) is 11.6. The Labute approximate surface area is 146 Å². The van der Waals surface area contributed by atoms with Crippen molar-refractivity contribution >= 4 is 28.2 Å². The van der Waals surface area contributed by atoms with E-state index in [2.05, 4.69) is 5.32 Å². The Morgan fingerprint density at radius 2 is 1.76 bits per heavy atom. The van der Waals surface area contributed by atoms with E-state index in [1.54, 1.807) is 6.92 Å². The van der Waals surface area contributed by atoms with Gasteiger partial charge in [-0.15, -0.1) is 11.3 Å². The summed E-state index contributed by atoms with van der Waals surface area (Å²) >= 11 is 1.25. The first-order valence-corrected chi connectivity index (χ1v) is 8.09. The van der Waals surface area contributed by atoms with Crippen molar-refractivity contribution in [2.75, 3.05) is 12.4 Å². The summed E-state index contributed by atoms with van der Waals surface area (Å²) in [5.74, 6) is -0.974. The summed E-state index contributed by atoms with van der Waals surface area (Å²) in [6.45, 7) is 3.57. The molecule has 2 rings (SSSR count). The number of nitrogens with one attached hydrogen (secondary N) is 1. The summed E-state index contributed by atoms with van der Waals surface area (Å²) in [5, 5.41) is 3.01. The first kappa shape index (κ1) is 19.0. The Kier molecular flexibility index (Phi) is 5.52. The second kappa shape index (κ2) is 7.26. The molecule has 1 N–H and O–H groups in total. The second-order valence-electron chi connectivity index (χ2n) is 5.40. The molecule has 0 aliphatic rings. The standard InChI is InChI=1S/C17H16F3NO3S/c1-9-10(2)25-15(14(9)16(23)24-3)21-13(22)8-11-4-6-12(7-5-11)17(18,19)20/h4-7H,8H2,1-3H3,(H,21,22). The second-order valence-corrected chi connectivity index (χ2v) is 6.62. The minimum atomic E-state index is -4.41. The average molecular weight is 371 g/mol. The van der Waals surface area contributed by atoms with Crippen LogP contribution in [0.4, 0.5) is 18.2 Å². The summed E-state index contributed by atoms with van der Waals surface area (Å²) in [6.07, 6.45) is -4.52. The Hall–Kier alpha value is -2.35. The Balaban J connectivity index is 2.13. The van der Waals surface area contributed by atoms with E-state index in [4.69, 9.17) is 4.74 Å². The van der Waals surface area contributed by atoms with Crippen molar-refractivity contribution in [2.45, 2.75) is 26.4 Å². The molecule has 1 aromatic carbocycles. The van der Waals surface area contributed by atoms with Gasteiger partial charge in [-0.05, 0) is 37.1 Å². The molecule has 0 atom stereocenters. The quantitative estimate of drug-likeness (QED) is 0.813. The minimum Gasteiger partial charge on any atom is -0.465 e. The molecule has 1 heterocycles. The molecule has 0 fully saturated rings. The number of anilines is 1. The van der Waals surface area contributed by atoms with Crippen molar-refractivity contribution in [3.05, 3.63) is 51.4 Å². The van der Waals surface area contributed by atoms with Gasteiger partial charge in [0.2, 0.25) is 5.91 Å². The number of carbonyl (C=O) groups is 2. The van der Waals surface area contributed by atoms with Crippen LogP contribution in [0.2, 0.25) is 0 Å². The fourth-order valence-corrected chi connectivity index (χ4v) is 3.30. The highest BCUT2D eigenvalue weighted by molar-refractivity contribution is 7.16. The number of alkyl halides is 3. The molecule has 0 saturated heterocycles. The molecule has 8 heteroatoms. The Morgan fingerprint density at radius 3 is 2.28 bits per heavy atom. The zero-order valence-electron chi connectivity index (χ0n) is 13.8. The zero-order valence-corrected chi connectivity index (χ0v) is 14.6. The smallest absolute Gasteiger partial charge is 0.416 e. The molecule has 2 aromatic rings. The molecular formula is C17H16F3NO3S. The molecule has 0 saturated carbocycles. The van der Waals surface area contributed by atoms with Crippen molar-refractivity contribution in [1.82, 2.24) is 0 Å². The summed E-state index contributed by atoms with van der Waals surface area (Å²) in [6, 6.07) is 4.38. The van der Waals surface area contributed by atoms with Gasteiger partial charge in [-0.2, -0.15) is 13.2 Å². The van der Waals surface area contributed by atoms with Crippen LogP contribution in [0, 0.1) is 13.8 Å². The van der Waals surface area contributed by atoms with Gasteiger partial charge in [-0.3, -0.25) is 4.79 Å². The highest BCUT2D eigenvalue weighted by atomic mass is 32.1. The maximum absolute atomic E-state index is 12.5. The van der Waals surface area contributed by atoms with Crippen LogP contribution in [0.3, 0.4) is 0 Å². The molecule has 0 unspecified atom stereocenters. The number of rotatable bonds is 4. The van der Waals surface area contributed by atoms with Crippen LogP contribution in [0.15, 0.2) is 24.3 Å². The van der Waals surface area contributed by atoms with E-state index in [0.717, 1.165) is 22.6 Å². The summed E-state index contributed by atoms with van der Waals surface area (Å²) < 4.78 is 42.4.